The fourth-order valence-corrected chi connectivity index (χ4v) is 1.74. The van der Waals surface area contributed by atoms with Crippen molar-refractivity contribution in [3.63, 3.8) is 0 Å². The molecule has 1 atom stereocenters. The van der Waals surface area contributed by atoms with Crippen molar-refractivity contribution >= 4 is 0 Å². The first-order valence-corrected chi connectivity index (χ1v) is 6.03. The van der Waals surface area contributed by atoms with E-state index in [0.29, 0.717) is 0 Å². The fourth-order valence-electron chi connectivity index (χ4n) is 1.74. The second kappa shape index (κ2) is 5.90. The summed E-state index contributed by atoms with van der Waals surface area (Å²) in [7, 11) is 0. The maximum atomic E-state index is 9.71. The lowest BCUT2D eigenvalue weighted by molar-refractivity contribution is 0.166. The molecular weight excluding hydrogens is 200 g/mol. The standard InChI is InChI=1S/C14H22O2/c1-5-12(6-2)16-14-8-7-10(3)9-13(14)11(4)15/h7-9,11-12,15H,5-6H2,1-4H3. The molecule has 16 heavy (non-hydrogen) atoms. The largest absolute Gasteiger partial charge is 0.490 e. The van der Waals surface area contributed by atoms with Crippen molar-refractivity contribution in [1.29, 1.82) is 0 Å². The Morgan fingerprint density at radius 3 is 2.38 bits per heavy atom. The van der Waals surface area contributed by atoms with E-state index in [9.17, 15) is 5.11 Å². The summed E-state index contributed by atoms with van der Waals surface area (Å²) in [4.78, 5) is 0. The van der Waals surface area contributed by atoms with Gasteiger partial charge in [0.25, 0.3) is 0 Å². The van der Waals surface area contributed by atoms with Crippen LogP contribution in [0.15, 0.2) is 18.2 Å². The van der Waals surface area contributed by atoms with Gasteiger partial charge in [-0.3, -0.25) is 0 Å². The van der Waals surface area contributed by atoms with Crippen LogP contribution in [0.4, 0.5) is 0 Å². The van der Waals surface area contributed by atoms with Gasteiger partial charge in [-0.1, -0.05) is 25.5 Å². The minimum Gasteiger partial charge on any atom is -0.490 e. The summed E-state index contributed by atoms with van der Waals surface area (Å²) < 4.78 is 5.90. The minimum absolute atomic E-state index is 0.236. The van der Waals surface area contributed by atoms with Gasteiger partial charge in [0, 0.05) is 5.56 Å². The quantitative estimate of drug-likeness (QED) is 0.824. The van der Waals surface area contributed by atoms with Crippen LogP contribution in [0.1, 0.15) is 50.8 Å². The number of benzene rings is 1. The average molecular weight is 222 g/mol. The van der Waals surface area contributed by atoms with Crippen molar-refractivity contribution in [3.8, 4) is 5.75 Å². The van der Waals surface area contributed by atoms with E-state index in [0.717, 1.165) is 29.7 Å². The van der Waals surface area contributed by atoms with Crippen LogP contribution in [0, 0.1) is 6.92 Å². The van der Waals surface area contributed by atoms with Gasteiger partial charge in [-0.05, 0) is 38.8 Å². The zero-order valence-electron chi connectivity index (χ0n) is 10.7. The Hall–Kier alpha value is -1.02. The van der Waals surface area contributed by atoms with E-state index in [-0.39, 0.29) is 6.10 Å². The van der Waals surface area contributed by atoms with E-state index >= 15 is 0 Å². The number of hydrogen-bond donors (Lipinski definition) is 1. The van der Waals surface area contributed by atoms with Crippen LogP contribution in [0.3, 0.4) is 0 Å². The van der Waals surface area contributed by atoms with Crippen molar-refractivity contribution in [2.45, 2.75) is 52.7 Å². The lowest BCUT2D eigenvalue weighted by Crippen LogP contribution is -2.15. The van der Waals surface area contributed by atoms with Crippen LogP contribution in [0.5, 0.6) is 5.75 Å². The molecule has 2 heteroatoms. The van der Waals surface area contributed by atoms with Crippen LogP contribution in [0.2, 0.25) is 0 Å². The van der Waals surface area contributed by atoms with Gasteiger partial charge in [0.05, 0.1) is 12.2 Å². The zero-order chi connectivity index (χ0) is 12.1. The van der Waals surface area contributed by atoms with E-state index in [1.807, 2.05) is 25.1 Å². The molecule has 0 aliphatic rings. The molecule has 0 aliphatic carbocycles. The molecule has 0 saturated heterocycles. The van der Waals surface area contributed by atoms with Crippen LogP contribution in [0.25, 0.3) is 0 Å². The van der Waals surface area contributed by atoms with Crippen LogP contribution < -0.4 is 4.74 Å². The van der Waals surface area contributed by atoms with Crippen molar-refractivity contribution in [2.24, 2.45) is 0 Å². The smallest absolute Gasteiger partial charge is 0.125 e. The Kier molecular flexibility index (Phi) is 4.81. The van der Waals surface area contributed by atoms with E-state index < -0.39 is 6.10 Å². The molecule has 0 aromatic heterocycles. The Labute approximate surface area is 98.3 Å². The zero-order valence-corrected chi connectivity index (χ0v) is 10.7. The molecule has 0 amide bonds. The molecule has 1 aromatic rings. The number of aliphatic hydroxyl groups excluding tert-OH is 1. The monoisotopic (exact) mass is 222 g/mol. The second-order valence-electron chi connectivity index (χ2n) is 4.27. The maximum Gasteiger partial charge on any atom is 0.125 e. The molecule has 1 rings (SSSR count). The van der Waals surface area contributed by atoms with Crippen molar-refractivity contribution in [2.75, 3.05) is 0 Å². The molecule has 1 aromatic carbocycles. The van der Waals surface area contributed by atoms with E-state index in [1.54, 1.807) is 6.92 Å². The molecule has 0 saturated carbocycles. The van der Waals surface area contributed by atoms with E-state index in [1.165, 1.54) is 0 Å². The Morgan fingerprint density at radius 1 is 1.25 bits per heavy atom. The Balaban J connectivity index is 2.94. The van der Waals surface area contributed by atoms with Crippen LogP contribution in [-0.4, -0.2) is 11.2 Å². The number of ether oxygens (including phenoxy) is 1. The van der Waals surface area contributed by atoms with Crippen LogP contribution in [-0.2, 0) is 0 Å². The third-order valence-electron chi connectivity index (χ3n) is 2.82. The average Bonchev–Trinajstić information content (AvgIpc) is 2.27. The Bertz CT molecular complexity index is 328. The highest BCUT2D eigenvalue weighted by Gasteiger charge is 2.12. The maximum absolute atomic E-state index is 9.71. The van der Waals surface area contributed by atoms with Gasteiger partial charge in [0.2, 0.25) is 0 Å². The van der Waals surface area contributed by atoms with Gasteiger partial charge in [0.1, 0.15) is 5.75 Å². The summed E-state index contributed by atoms with van der Waals surface area (Å²) in [6.07, 6.45) is 1.73. The topological polar surface area (TPSA) is 29.5 Å². The van der Waals surface area contributed by atoms with Crippen molar-refractivity contribution < 1.29 is 9.84 Å². The molecule has 2 nitrogen and oxygen atoms in total. The summed E-state index contributed by atoms with van der Waals surface area (Å²) in [5.41, 5.74) is 2.03. The molecule has 0 spiro atoms. The van der Waals surface area contributed by atoms with Gasteiger partial charge >= 0.3 is 0 Å². The SMILES string of the molecule is CCC(CC)Oc1ccc(C)cc1C(C)O. The predicted octanol–water partition coefficient (Wildman–Crippen LogP) is 3.62. The number of hydrogen-bond acceptors (Lipinski definition) is 2. The summed E-state index contributed by atoms with van der Waals surface area (Å²) >= 11 is 0. The highest BCUT2D eigenvalue weighted by molar-refractivity contribution is 5.38. The van der Waals surface area contributed by atoms with Gasteiger partial charge < -0.3 is 9.84 Å². The van der Waals surface area contributed by atoms with Crippen molar-refractivity contribution in [1.82, 2.24) is 0 Å². The van der Waals surface area contributed by atoms with Gasteiger partial charge in [-0.25, -0.2) is 0 Å². The number of aryl methyl sites for hydroxylation is 1. The second-order valence-corrected chi connectivity index (χ2v) is 4.27. The number of aliphatic hydroxyl groups is 1. The molecule has 0 radical (unpaired) electrons. The molecule has 0 bridgehead atoms. The normalized spacial score (nSPS) is 12.9. The lowest BCUT2D eigenvalue weighted by Gasteiger charge is -2.20. The summed E-state index contributed by atoms with van der Waals surface area (Å²) in [5, 5.41) is 9.71. The molecule has 1 N–H and O–H groups in total. The minimum atomic E-state index is -0.482. The van der Waals surface area contributed by atoms with E-state index in [2.05, 4.69) is 13.8 Å². The molecular formula is C14H22O2. The fraction of sp³-hybridized carbons (Fsp3) is 0.571. The van der Waals surface area contributed by atoms with E-state index in [4.69, 9.17) is 4.74 Å². The highest BCUT2D eigenvalue weighted by atomic mass is 16.5. The third-order valence-corrected chi connectivity index (χ3v) is 2.82. The van der Waals surface area contributed by atoms with Gasteiger partial charge in [0.15, 0.2) is 0 Å². The lowest BCUT2D eigenvalue weighted by atomic mass is 10.1. The first-order chi connectivity index (χ1) is 7.58. The molecule has 0 fully saturated rings. The summed E-state index contributed by atoms with van der Waals surface area (Å²) in [6, 6.07) is 5.96. The Morgan fingerprint density at radius 2 is 1.88 bits per heavy atom. The van der Waals surface area contributed by atoms with Gasteiger partial charge in [-0.15, -0.1) is 0 Å². The molecule has 90 valence electrons. The predicted molar refractivity (Wildman–Crippen MR) is 66.8 cm³/mol. The third kappa shape index (κ3) is 3.24. The van der Waals surface area contributed by atoms with Gasteiger partial charge in [-0.2, -0.15) is 0 Å². The molecule has 0 heterocycles. The van der Waals surface area contributed by atoms with Crippen molar-refractivity contribution in [3.05, 3.63) is 29.3 Å². The summed E-state index contributed by atoms with van der Waals surface area (Å²) in [5.74, 6) is 0.814. The summed E-state index contributed by atoms with van der Waals surface area (Å²) in [6.45, 7) is 8.02. The first-order valence-electron chi connectivity index (χ1n) is 6.03. The first kappa shape index (κ1) is 13.0. The highest BCUT2D eigenvalue weighted by Crippen LogP contribution is 2.27. The molecule has 1 unspecified atom stereocenters. The number of rotatable bonds is 5. The molecule has 0 aliphatic heterocycles. The van der Waals surface area contributed by atoms with Crippen LogP contribution >= 0.6 is 0 Å².